The van der Waals surface area contributed by atoms with Gasteiger partial charge in [-0.15, -0.1) is 0 Å². The van der Waals surface area contributed by atoms with Crippen molar-refractivity contribution in [3.8, 4) is 0 Å². The maximum absolute atomic E-state index is 11.7. The van der Waals surface area contributed by atoms with Gasteiger partial charge in [0.15, 0.2) is 0 Å². The van der Waals surface area contributed by atoms with E-state index in [9.17, 15) is 9.59 Å². The van der Waals surface area contributed by atoms with Gasteiger partial charge in [0.2, 0.25) is 0 Å². The van der Waals surface area contributed by atoms with E-state index >= 15 is 0 Å². The third kappa shape index (κ3) is 5.52. The van der Waals surface area contributed by atoms with Crippen molar-refractivity contribution in [3.63, 3.8) is 0 Å². The van der Waals surface area contributed by atoms with Crippen LogP contribution >= 0.6 is 0 Å². The summed E-state index contributed by atoms with van der Waals surface area (Å²) in [6, 6.07) is 0. The molecule has 0 saturated heterocycles. The molecular weight excluding hydrogens is 220 g/mol. The van der Waals surface area contributed by atoms with E-state index < -0.39 is 11.9 Å². The Bertz CT molecular complexity index is 277. The molecule has 98 valence electrons. The fourth-order valence-electron chi connectivity index (χ4n) is 1.60. The first-order chi connectivity index (χ1) is 8.10. The normalized spacial score (nSPS) is 11.5. The molecule has 0 spiro atoms. The van der Waals surface area contributed by atoms with Crippen LogP contribution in [0.4, 0.5) is 0 Å². The summed E-state index contributed by atoms with van der Waals surface area (Å²) in [5.41, 5.74) is 0.412. The molecule has 0 atom stereocenters. The minimum Gasteiger partial charge on any atom is -0.463 e. The molecule has 0 N–H and O–H groups in total. The average molecular weight is 242 g/mol. The second kappa shape index (κ2) is 8.79. The van der Waals surface area contributed by atoms with E-state index in [1.807, 2.05) is 13.8 Å². The molecule has 0 saturated carbocycles. The summed E-state index contributed by atoms with van der Waals surface area (Å²) in [5, 5.41) is 0. The van der Waals surface area contributed by atoms with Gasteiger partial charge in [-0.25, -0.2) is 9.59 Å². The molecule has 0 bridgehead atoms. The second-order valence-electron chi connectivity index (χ2n) is 3.59. The summed E-state index contributed by atoms with van der Waals surface area (Å²) < 4.78 is 9.77. The largest absolute Gasteiger partial charge is 0.463 e. The molecule has 0 aliphatic rings. The van der Waals surface area contributed by atoms with Gasteiger partial charge in [0, 0.05) is 11.6 Å². The number of hydrogen-bond acceptors (Lipinski definition) is 4. The van der Waals surface area contributed by atoms with Crippen LogP contribution in [0.1, 0.15) is 40.5 Å². The number of rotatable bonds is 7. The first-order valence-corrected chi connectivity index (χ1v) is 6.15. The molecule has 4 nitrogen and oxygen atoms in total. The average Bonchev–Trinajstić information content (AvgIpc) is 2.30. The number of esters is 2. The Morgan fingerprint density at radius 1 is 1.00 bits per heavy atom. The van der Waals surface area contributed by atoms with Crippen LogP contribution in [0.25, 0.3) is 0 Å². The van der Waals surface area contributed by atoms with Gasteiger partial charge in [-0.2, -0.15) is 0 Å². The quantitative estimate of drug-likeness (QED) is 0.508. The van der Waals surface area contributed by atoms with E-state index in [0.717, 1.165) is 12.8 Å². The molecule has 0 rings (SSSR count). The predicted octanol–water partition coefficient (Wildman–Crippen LogP) is 2.48. The maximum Gasteiger partial charge on any atom is 0.334 e. The van der Waals surface area contributed by atoms with E-state index in [1.165, 1.54) is 6.08 Å². The molecule has 0 aromatic heterocycles. The molecule has 0 amide bonds. The molecule has 0 aromatic rings. The third-order valence-corrected chi connectivity index (χ3v) is 2.50. The van der Waals surface area contributed by atoms with Crippen molar-refractivity contribution >= 4 is 11.9 Å². The van der Waals surface area contributed by atoms with Gasteiger partial charge < -0.3 is 9.47 Å². The number of carbonyl (C=O) groups is 2. The second-order valence-corrected chi connectivity index (χ2v) is 3.59. The number of ether oxygens (including phenoxy) is 2. The van der Waals surface area contributed by atoms with E-state index in [0.29, 0.717) is 18.8 Å². The highest BCUT2D eigenvalue weighted by Gasteiger charge is 2.20. The van der Waals surface area contributed by atoms with E-state index in [-0.39, 0.29) is 5.92 Å². The Balaban J connectivity index is 4.95. The molecule has 0 fully saturated rings. The molecule has 17 heavy (non-hydrogen) atoms. The zero-order chi connectivity index (χ0) is 13.3. The van der Waals surface area contributed by atoms with E-state index in [4.69, 9.17) is 9.47 Å². The van der Waals surface area contributed by atoms with Crippen molar-refractivity contribution in [3.05, 3.63) is 11.6 Å². The summed E-state index contributed by atoms with van der Waals surface area (Å²) in [5.74, 6) is -0.866. The highest BCUT2D eigenvalue weighted by atomic mass is 16.5. The Morgan fingerprint density at radius 3 is 1.94 bits per heavy atom. The monoisotopic (exact) mass is 242 g/mol. The lowest BCUT2D eigenvalue weighted by molar-refractivity contribution is -0.141. The standard InChI is InChI=1S/C13H22O4/c1-5-10(6-2)11(13(15)17-8-4)9-12(14)16-7-3/h9-10H,5-8H2,1-4H3/b11-9-. The topological polar surface area (TPSA) is 52.6 Å². The lowest BCUT2D eigenvalue weighted by atomic mass is 9.93. The zero-order valence-electron chi connectivity index (χ0n) is 11.1. The lowest BCUT2D eigenvalue weighted by Crippen LogP contribution is -2.17. The minimum atomic E-state index is -0.484. The van der Waals surface area contributed by atoms with Crippen LogP contribution in [0.3, 0.4) is 0 Å². The van der Waals surface area contributed by atoms with Crippen LogP contribution in [0.15, 0.2) is 11.6 Å². The van der Waals surface area contributed by atoms with Gasteiger partial charge in [-0.05, 0) is 32.6 Å². The lowest BCUT2D eigenvalue weighted by Gasteiger charge is -2.15. The highest BCUT2D eigenvalue weighted by Crippen LogP contribution is 2.20. The molecule has 0 radical (unpaired) electrons. The van der Waals surface area contributed by atoms with Crippen LogP contribution in [-0.2, 0) is 19.1 Å². The fraction of sp³-hybridized carbons (Fsp3) is 0.692. The molecule has 0 unspecified atom stereocenters. The summed E-state index contributed by atoms with van der Waals surface area (Å²) in [6.07, 6.45) is 2.85. The van der Waals surface area contributed by atoms with Crippen LogP contribution in [0.5, 0.6) is 0 Å². The minimum absolute atomic E-state index is 0.0402. The molecule has 4 heteroatoms. The van der Waals surface area contributed by atoms with E-state index in [1.54, 1.807) is 13.8 Å². The van der Waals surface area contributed by atoms with Gasteiger partial charge in [-0.3, -0.25) is 0 Å². The Kier molecular flexibility index (Phi) is 8.11. The summed E-state index contributed by atoms with van der Waals surface area (Å²) in [7, 11) is 0. The zero-order valence-corrected chi connectivity index (χ0v) is 11.1. The molecular formula is C13H22O4. The van der Waals surface area contributed by atoms with Crippen molar-refractivity contribution in [2.45, 2.75) is 40.5 Å². The molecule has 0 aromatic carbocycles. The van der Waals surface area contributed by atoms with Crippen LogP contribution in [0.2, 0.25) is 0 Å². The molecule has 0 aliphatic heterocycles. The van der Waals surface area contributed by atoms with Gasteiger partial charge in [0.25, 0.3) is 0 Å². The first-order valence-electron chi connectivity index (χ1n) is 6.15. The highest BCUT2D eigenvalue weighted by molar-refractivity contribution is 5.96. The first kappa shape index (κ1) is 15.7. The van der Waals surface area contributed by atoms with Crippen molar-refractivity contribution in [1.29, 1.82) is 0 Å². The van der Waals surface area contributed by atoms with Crippen LogP contribution in [0, 0.1) is 5.92 Å². The van der Waals surface area contributed by atoms with Crippen molar-refractivity contribution in [2.24, 2.45) is 5.92 Å². The maximum atomic E-state index is 11.7. The summed E-state index contributed by atoms with van der Waals surface area (Å²) in [4.78, 5) is 23.1. The Morgan fingerprint density at radius 2 is 1.53 bits per heavy atom. The van der Waals surface area contributed by atoms with Crippen molar-refractivity contribution in [1.82, 2.24) is 0 Å². The van der Waals surface area contributed by atoms with Crippen LogP contribution < -0.4 is 0 Å². The fourth-order valence-corrected chi connectivity index (χ4v) is 1.60. The summed E-state index contributed by atoms with van der Waals surface area (Å²) in [6.45, 7) is 8.03. The Hall–Kier alpha value is -1.32. The van der Waals surface area contributed by atoms with Crippen LogP contribution in [-0.4, -0.2) is 25.2 Å². The smallest absolute Gasteiger partial charge is 0.334 e. The van der Waals surface area contributed by atoms with Crippen molar-refractivity contribution < 1.29 is 19.1 Å². The predicted molar refractivity (Wildman–Crippen MR) is 65.4 cm³/mol. The number of carbonyl (C=O) groups excluding carboxylic acids is 2. The third-order valence-electron chi connectivity index (χ3n) is 2.50. The molecule has 0 heterocycles. The summed E-state index contributed by atoms with van der Waals surface area (Å²) >= 11 is 0. The van der Waals surface area contributed by atoms with E-state index in [2.05, 4.69) is 0 Å². The molecule has 0 aliphatic carbocycles. The SMILES string of the molecule is CCOC(=O)/C=C(\C(=O)OCC)C(CC)CC. The Labute approximate surface area is 103 Å². The van der Waals surface area contributed by atoms with Gasteiger partial charge in [0.05, 0.1) is 13.2 Å². The van der Waals surface area contributed by atoms with Gasteiger partial charge in [-0.1, -0.05) is 13.8 Å². The van der Waals surface area contributed by atoms with Crippen molar-refractivity contribution in [2.75, 3.05) is 13.2 Å². The van der Waals surface area contributed by atoms with Gasteiger partial charge in [0.1, 0.15) is 0 Å². The number of hydrogen-bond donors (Lipinski definition) is 0. The van der Waals surface area contributed by atoms with Gasteiger partial charge >= 0.3 is 11.9 Å².